The fourth-order valence-corrected chi connectivity index (χ4v) is 2.56. The fourth-order valence-electron chi connectivity index (χ4n) is 2.40. The standard InChI is InChI=1S/C14H19ClFNO/c1-17-12(9-13-3-2-6-18-13)7-10-4-5-11(15)8-14(10)16/h4-5,8,12-13,17H,2-3,6-7,9H2,1H3. The molecular weight excluding hydrogens is 253 g/mol. The zero-order chi connectivity index (χ0) is 13.0. The van der Waals surface area contributed by atoms with Crippen molar-refractivity contribution in [1.82, 2.24) is 5.32 Å². The van der Waals surface area contributed by atoms with Crippen molar-refractivity contribution >= 4 is 11.6 Å². The smallest absolute Gasteiger partial charge is 0.127 e. The zero-order valence-electron chi connectivity index (χ0n) is 10.6. The molecule has 2 rings (SSSR count). The average Bonchev–Trinajstić information content (AvgIpc) is 2.84. The first-order valence-electron chi connectivity index (χ1n) is 6.42. The first-order chi connectivity index (χ1) is 8.69. The van der Waals surface area contributed by atoms with Crippen molar-refractivity contribution in [2.24, 2.45) is 0 Å². The van der Waals surface area contributed by atoms with Crippen LogP contribution in [-0.2, 0) is 11.2 Å². The van der Waals surface area contributed by atoms with Crippen LogP contribution in [0.1, 0.15) is 24.8 Å². The number of ether oxygens (including phenoxy) is 1. The van der Waals surface area contributed by atoms with Crippen LogP contribution in [0.25, 0.3) is 0 Å². The van der Waals surface area contributed by atoms with Crippen LogP contribution in [0, 0.1) is 5.82 Å². The van der Waals surface area contributed by atoms with E-state index in [0.29, 0.717) is 23.1 Å². The van der Waals surface area contributed by atoms with E-state index in [2.05, 4.69) is 5.32 Å². The summed E-state index contributed by atoms with van der Waals surface area (Å²) in [5.41, 5.74) is 0.705. The Morgan fingerprint density at radius 2 is 2.39 bits per heavy atom. The SMILES string of the molecule is CNC(Cc1ccc(Cl)cc1F)CC1CCCO1. The number of halogens is 2. The Balaban J connectivity index is 1.96. The van der Waals surface area contributed by atoms with E-state index in [4.69, 9.17) is 16.3 Å². The Labute approximate surface area is 112 Å². The summed E-state index contributed by atoms with van der Waals surface area (Å²) in [5.74, 6) is -0.227. The maximum absolute atomic E-state index is 13.7. The molecule has 0 saturated carbocycles. The van der Waals surface area contributed by atoms with E-state index < -0.39 is 0 Å². The minimum Gasteiger partial charge on any atom is -0.378 e. The lowest BCUT2D eigenvalue weighted by molar-refractivity contribution is 0.0953. The number of hydrogen-bond donors (Lipinski definition) is 1. The molecule has 1 fully saturated rings. The molecule has 0 spiro atoms. The molecule has 0 bridgehead atoms. The molecule has 18 heavy (non-hydrogen) atoms. The topological polar surface area (TPSA) is 21.3 Å². The molecule has 2 atom stereocenters. The third-order valence-electron chi connectivity index (χ3n) is 3.46. The van der Waals surface area contributed by atoms with Gasteiger partial charge in [0.25, 0.3) is 0 Å². The molecule has 0 radical (unpaired) electrons. The molecule has 0 aromatic heterocycles. The van der Waals surface area contributed by atoms with Crippen LogP contribution in [0.4, 0.5) is 4.39 Å². The van der Waals surface area contributed by atoms with Crippen molar-refractivity contribution in [3.8, 4) is 0 Å². The minimum absolute atomic E-state index is 0.227. The largest absolute Gasteiger partial charge is 0.378 e. The maximum atomic E-state index is 13.7. The van der Waals surface area contributed by atoms with Gasteiger partial charge in [-0.3, -0.25) is 0 Å². The summed E-state index contributed by atoms with van der Waals surface area (Å²) in [7, 11) is 1.91. The first kappa shape index (κ1) is 13.8. The van der Waals surface area contributed by atoms with Gasteiger partial charge in [-0.25, -0.2) is 4.39 Å². The fraction of sp³-hybridized carbons (Fsp3) is 0.571. The molecular formula is C14H19ClFNO. The van der Waals surface area contributed by atoms with Crippen molar-refractivity contribution in [1.29, 1.82) is 0 Å². The number of likely N-dealkylation sites (N-methyl/N-ethyl adjacent to an activating group) is 1. The average molecular weight is 272 g/mol. The Kier molecular flexibility index (Phi) is 4.98. The molecule has 0 amide bonds. The Morgan fingerprint density at radius 1 is 1.56 bits per heavy atom. The minimum atomic E-state index is -0.227. The van der Waals surface area contributed by atoms with Gasteiger partial charge < -0.3 is 10.1 Å². The van der Waals surface area contributed by atoms with E-state index >= 15 is 0 Å². The lowest BCUT2D eigenvalue weighted by Gasteiger charge is -2.20. The summed E-state index contributed by atoms with van der Waals surface area (Å²) >= 11 is 5.75. The molecule has 1 aliphatic rings. The number of hydrogen-bond acceptors (Lipinski definition) is 2. The quantitative estimate of drug-likeness (QED) is 0.888. The molecule has 1 aromatic rings. The van der Waals surface area contributed by atoms with E-state index in [-0.39, 0.29) is 11.9 Å². The predicted molar refractivity (Wildman–Crippen MR) is 71.6 cm³/mol. The second kappa shape index (κ2) is 6.50. The number of benzene rings is 1. The second-order valence-corrected chi connectivity index (χ2v) is 5.23. The lowest BCUT2D eigenvalue weighted by Crippen LogP contribution is -2.32. The van der Waals surface area contributed by atoms with Crippen molar-refractivity contribution in [2.45, 2.75) is 37.8 Å². The van der Waals surface area contributed by atoms with Gasteiger partial charge in [0.15, 0.2) is 0 Å². The van der Waals surface area contributed by atoms with Crippen LogP contribution < -0.4 is 5.32 Å². The summed E-state index contributed by atoms with van der Waals surface area (Å²) < 4.78 is 19.3. The molecule has 0 aliphatic carbocycles. The van der Waals surface area contributed by atoms with Gasteiger partial charge in [-0.2, -0.15) is 0 Å². The molecule has 100 valence electrons. The van der Waals surface area contributed by atoms with Crippen molar-refractivity contribution in [3.05, 3.63) is 34.6 Å². The second-order valence-electron chi connectivity index (χ2n) is 4.80. The van der Waals surface area contributed by atoms with Gasteiger partial charge >= 0.3 is 0 Å². The van der Waals surface area contributed by atoms with Crippen LogP contribution in [0.3, 0.4) is 0 Å². The highest BCUT2D eigenvalue weighted by Gasteiger charge is 2.20. The van der Waals surface area contributed by atoms with Crippen LogP contribution in [0.2, 0.25) is 5.02 Å². The van der Waals surface area contributed by atoms with E-state index in [9.17, 15) is 4.39 Å². The Morgan fingerprint density at radius 3 is 3.00 bits per heavy atom. The van der Waals surface area contributed by atoms with Gasteiger partial charge in [0.2, 0.25) is 0 Å². The third-order valence-corrected chi connectivity index (χ3v) is 3.70. The normalized spacial score (nSPS) is 21.2. The van der Waals surface area contributed by atoms with Gasteiger partial charge in [-0.1, -0.05) is 17.7 Å². The number of nitrogens with one attached hydrogen (secondary N) is 1. The molecule has 1 aromatic carbocycles. The summed E-state index contributed by atoms with van der Waals surface area (Å²) in [6.07, 6.45) is 4.16. The Bertz CT molecular complexity index is 393. The molecule has 2 nitrogen and oxygen atoms in total. The highest BCUT2D eigenvalue weighted by molar-refractivity contribution is 6.30. The van der Waals surface area contributed by atoms with Crippen molar-refractivity contribution < 1.29 is 9.13 Å². The summed E-state index contributed by atoms with van der Waals surface area (Å²) in [4.78, 5) is 0. The van der Waals surface area contributed by atoms with Crippen LogP contribution in [-0.4, -0.2) is 25.8 Å². The van der Waals surface area contributed by atoms with E-state index in [1.54, 1.807) is 12.1 Å². The molecule has 1 aliphatic heterocycles. The highest BCUT2D eigenvalue weighted by Crippen LogP contribution is 2.21. The zero-order valence-corrected chi connectivity index (χ0v) is 11.3. The number of rotatable bonds is 5. The monoisotopic (exact) mass is 271 g/mol. The van der Waals surface area contributed by atoms with Crippen molar-refractivity contribution in [3.63, 3.8) is 0 Å². The summed E-state index contributed by atoms with van der Waals surface area (Å²) in [6.45, 7) is 0.858. The van der Waals surface area contributed by atoms with Crippen LogP contribution in [0.15, 0.2) is 18.2 Å². The predicted octanol–water partition coefficient (Wildman–Crippen LogP) is 3.18. The highest BCUT2D eigenvalue weighted by atomic mass is 35.5. The van der Waals surface area contributed by atoms with Gasteiger partial charge in [-0.05, 0) is 50.4 Å². The first-order valence-corrected chi connectivity index (χ1v) is 6.79. The molecule has 1 saturated heterocycles. The molecule has 2 unspecified atom stereocenters. The van der Waals surface area contributed by atoms with Gasteiger partial charge in [0, 0.05) is 17.7 Å². The Hall–Kier alpha value is -0.640. The van der Waals surface area contributed by atoms with Gasteiger partial charge in [0.05, 0.1) is 6.10 Å². The molecule has 1 N–H and O–H groups in total. The van der Waals surface area contributed by atoms with E-state index in [0.717, 1.165) is 25.9 Å². The van der Waals surface area contributed by atoms with Gasteiger partial charge in [-0.15, -0.1) is 0 Å². The van der Waals surface area contributed by atoms with Crippen LogP contribution in [0.5, 0.6) is 0 Å². The maximum Gasteiger partial charge on any atom is 0.127 e. The van der Waals surface area contributed by atoms with E-state index in [1.165, 1.54) is 6.07 Å². The summed E-state index contributed by atoms with van der Waals surface area (Å²) in [6, 6.07) is 5.11. The van der Waals surface area contributed by atoms with Gasteiger partial charge in [0.1, 0.15) is 5.82 Å². The lowest BCUT2D eigenvalue weighted by atomic mass is 9.99. The molecule has 1 heterocycles. The third kappa shape index (κ3) is 3.67. The summed E-state index contributed by atoms with van der Waals surface area (Å²) in [5, 5.41) is 3.68. The van der Waals surface area contributed by atoms with Crippen LogP contribution >= 0.6 is 11.6 Å². The van der Waals surface area contributed by atoms with Crippen molar-refractivity contribution in [2.75, 3.05) is 13.7 Å². The van der Waals surface area contributed by atoms with E-state index in [1.807, 2.05) is 7.05 Å². The molecule has 4 heteroatoms.